The van der Waals surface area contributed by atoms with E-state index in [4.69, 9.17) is 16.6 Å². The van der Waals surface area contributed by atoms with Gasteiger partial charge in [-0.25, -0.2) is 15.0 Å². The van der Waals surface area contributed by atoms with Crippen molar-refractivity contribution in [3.8, 4) is 0 Å². The molecule has 8 heteroatoms. The molecule has 1 amide bonds. The van der Waals surface area contributed by atoms with Crippen molar-refractivity contribution in [3.63, 3.8) is 0 Å². The van der Waals surface area contributed by atoms with Gasteiger partial charge in [-0.3, -0.25) is 9.78 Å². The fourth-order valence-electron chi connectivity index (χ4n) is 4.19. The second-order valence-electron chi connectivity index (χ2n) is 8.05. The summed E-state index contributed by atoms with van der Waals surface area (Å²) < 4.78 is 0. The van der Waals surface area contributed by atoms with Crippen LogP contribution in [0, 0.1) is 0 Å². The lowest BCUT2D eigenvalue weighted by Gasteiger charge is -2.27. The molecule has 5 rings (SSSR count). The van der Waals surface area contributed by atoms with E-state index in [0.29, 0.717) is 27.4 Å². The van der Waals surface area contributed by atoms with E-state index in [0.717, 1.165) is 48.9 Å². The number of piperidine rings is 1. The minimum Gasteiger partial charge on any atom is -0.360 e. The molecule has 0 bridgehead atoms. The van der Waals surface area contributed by atoms with Crippen molar-refractivity contribution in [2.24, 2.45) is 0 Å². The Hall–Kier alpha value is -3.32. The number of benzene rings is 1. The van der Waals surface area contributed by atoms with Crippen molar-refractivity contribution in [1.29, 1.82) is 0 Å². The summed E-state index contributed by atoms with van der Waals surface area (Å²) in [6.07, 6.45) is 6.41. The molecule has 1 aromatic carbocycles. The predicted molar refractivity (Wildman–Crippen MR) is 126 cm³/mol. The second-order valence-corrected chi connectivity index (χ2v) is 8.45. The number of amides is 1. The van der Waals surface area contributed by atoms with Gasteiger partial charge in [0, 0.05) is 24.7 Å². The Morgan fingerprint density at radius 2 is 1.94 bits per heavy atom. The second kappa shape index (κ2) is 8.67. The SMILES string of the molecule is C[C@H](Nc1ncnc2cccnc12)c1cc2cccc(Cl)c2c(C(=O)N2CCCCC2)n1. The zero-order valence-corrected chi connectivity index (χ0v) is 18.5. The van der Waals surface area contributed by atoms with Crippen molar-refractivity contribution in [2.45, 2.75) is 32.2 Å². The van der Waals surface area contributed by atoms with Crippen LogP contribution in [-0.4, -0.2) is 43.8 Å². The van der Waals surface area contributed by atoms with E-state index < -0.39 is 0 Å². The van der Waals surface area contributed by atoms with Gasteiger partial charge in [0.2, 0.25) is 0 Å². The Morgan fingerprint density at radius 3 is 2.78 bits per heavy atom. The van der Waals surface area contributed by atoms with Crippen LogP contribution in [0.1, 0.15) is 48.4 Å². The number of hydrogen-bond acceptors (Lipinski definition) is 6. The number of carbonyl (C=O) groups is 1. The molecule has 0 aliphatic carbocycles. The van der Waals surface area contributed by atoms with Crippen LogP contribution in [0.5, 0.6) is 0 Å². The quantitative estimate of drug-likeness (QED) is 0.473. The Kier molecular flexibility index (Phi) is 5.57. The lowest BCUT2D eigenvalue weighted by Crippen LogP contribution is -2.36. The number of anilines is 1. The maximum absolute atomic E-state index is 13.4. The molecule has 1 aliphatic heterocycles. The van der Waals surface area contributed by atoms with Crippen LogP contribution in [0.15, 0.2) is 48.9 Å². The smallest absolute Gasteiger partial charge is 0.273 e. The van der Waals surface area contributed by atoms with Crippen LogP contribution >= 0.6 is 11.6 Å². The number of halogens is 1. The summed E-state index contributed by atoms with van der Waals surface area (Å²) in [5.74, 6) is 0.561. The number of nitrogens with one attached hydrogen (secondary N) is 1. The van der Waals surface area contributed by atoms with Gasteiger partial charge in [-0.2, -0.15) is 0 Å². The molecule has 0 spiro atoms. The van der Waals surface area contributed by atoms with Crippen LogP contribution in [0.2, 0.25) is 5.02 Å². The van der Waals surface area contributed by atoms with Gasteiger partial charge >= 0.3 is 0 Å². The van der Waals surface area contributed by atoms with E-state index in [-0.39, 0.29) is 11.9 Å². The molecular weight excluding hydrogens is 424 g/mol. The molecule has 32 heavy (non-hydrogen) atoms. The van der Waals surface area contributed by atoms with E-state index >= 15 is 0 Å². The molecule has 0 saturated carbocycles. The Labute approximate surface area is 190 Å². The summed E-state index contributed by atoms with van der Waals surface area (Å²) in [6.45, 7) is 3.50. The largest absolute Gasteiger partial charge is 0.360 e. The first-order valence-corrected chi connectivity index (χ1v) is 11.2. The molecule has 1 fully saturated rings. The van der Waals surface area contributed by atoms with E-state index in [1.165, 1.54) is 6.33 Å². The highest BCUT2D eigenvalue weighted by molar-refractivity contribution is 6.36. The van der Waals surface area contributed by atoms with Gasteiger partial charge in [0.25, 0.3) is 5.91 Å². The summed E-state index contributed by atoms with van der Waals surface area (Å²) in [4.78, 5) is 33.2. The molecule has 1 saturated heterocycles. The lowest BCUT2D eigenvalue weighted by molar-refractivity contribution is 0.0720. The van der Waals surface area contributed by atoms with Crippen LogP contribution in [0.3, 0.4) is 0 Å². The molecule has 0 radical (unpaired) electrons. The van der Waals surface area contributed by atoms with Crippen LogP contribution in [-0.2, 0) is 0 Å². The fourth-order valence-corrected chi connectivity index (χ4v) is 4.46. The molecule has 4 aromatic rings. The van der Waals surface area contributed by atoms with Crippen molar-refractivity contribution in [2.75, 3.05) is 18.4 Å². The minimum absolute atomic E-state index is 0.0639. The van der Waals surface area contributed by atoms with Gasteiger partial charge in [0.05, 0.1) is 22.3 Å². The highest BCUT2D eigenvalue weighted by atomic mass is 35.5. The first kappa shape index (κ1) is 20.6. The maximum atomic E-state index is 13.4. The maximum Gasteiger partial charge on any atom is 0.273 e. The number of rotatable bonds is 4. The third-order valence-electron chi connectivity index (χ3n) is 5.86. The molecule has 1 atom stereocenters. The number of carbonyl (C=O) groups excluding carboxylic acids is 1. The van der Waals surface area contributed by atoms with Gasteiger partial charge in [-0.15, -0.1) is 0 Å². The topological polar surface area (TPSA) is 83.9 Å². The Balaban J connectivity index is 1.56. The first-order chi connectivity index (χ1) is 15.6. The predicted octanol–water partition coefficient (Wildman–Crippen LogP) is 5.03. The third kappa shape index (κ3) is 3.84. The number of fused-ring (bicyclic) bond motifs is 2. The average Bonchev–Trinajstić information content (AvgIpc) is 2.84. The zero-order chi connectivity index (χ0) is 22.1. The third-order valence-corrected chi connectivity index (χ3v) is 6.18. The van der Waals surface area contributed by atoms with Gasteiger partial charge in [0.1, 0.15) is 17.5 Å². The van der Waals surface area contributed by atoms with Crippen LogP contribution in [0.4, 0.5) is 5.82 Å². The molecule has 162 valence electrons. The van der Waals surface area contributed by atoms with Crippen molar-refractivity contribution in [3.05, 3.63) is 65.3 Å². The molecule has 1 N–H and O–H groups in total. The number of pyridine rings is 2. The summed E-state index contributed by atoms with van der Waals surface area (Å²) >= 11 is 6.52. The van der Waals surface area contributed by atoms with E-state index in [1.54, 1.807) is 12.3 Å². The zero-order valence-electron chi connectivity index (χ0n) is 17.8. The van der Waals surface area contributed by atoms with E-state index in [9.17, 15) is 4.79 Å². The number of aromatic nitrogens is 4. The molecule has 1 aliphatic rings. The van der Waals surface area contributed by atoms with Crippen molar-refractivity contribution >= 4 is 45.1 Å². The van der Waals surface area contributed by atoms with Crippen LogP contribution in [0.25, 0.3) is 21.8 Å². The van der Waals surface area contributed by atoms with Crippen LogP contribution < -0.4 is 5.32 Å². The Morgan fingerprint density at radius 1 is 1.09 bits per heavy atom. The lowest BCUT2D eigenvalue weighted by atomic mass is 10.0. The summed E-state index contributed by atoms with van der Waals surface area (Å²) in [7, 11) is 0. The molecule has 7 nitrogen and oxygen atoms in total. The van der Waals surface area contributed by atoms with Crippen molar-refractivity contribution < 1.29 is 4.79 Å². The highest BCUT2D eigenvalue weighted by Gasteiger charge is 2.24. The monoisotopic (exact) mass is 446 g/mol. The summed E-state index contributed by atoms with van der Waals surface area (Å²) in [6, 6.07) is 11.2. The van der Waals surface area contributed by atoms with E-state index in [2.05, 4.69) is 20.3 Å². The standard InChI is InChI=1S/C24H23ClN6O/c1-15(29-23-21-18(27-14-28-23)9-6-10-26-21)19-13-16-7-5-8-17(25)20(16)22(30-19)24(32)31-11-3-2-4-12-31/h5-10,13-15H,2-4,11-12H2,1H3,(H,27,28,29)/t15-/m0/s1. The summed E-state index contributed by atoms with van der Waals surface area (Å²) in [5, 5.41) is 5.52. The van der Waals surface area contributed by atoms with Gasteiger partial charge in [-0.05, 0) is 55.8 Å². The van der Waals surface area contributed by atoms with Gasteiger partial charge in [-0.1, -0.05) is 23.7 Å². The summed E-state index contributed by atoms with van der Waals surface area (Å²) in [5.41, 5.74) is 2.60. The van der Waals surface area contributed by atoms with Crippen molar-refractivity contribution in [1.82, 2.24) is 24.8 Å². The molecule has 0 unspecified atom stereocenters. The number of hydrogen-bond donors (Lipinski definition) is 1. The number of likely N-dealkylation sites (tertiary alicyclic amines) is 1. The fraction of sp³-hybridized carbons (Fsp3) is 0.292. The van der Waals surface area contributed by atoms with Gasteiger partial charge < -0.3 is 10.2 Å². The Bertz CT molecular complexity index is 1300. The normalized spacial score (nSPS) is 15.1. The van der Waals surface area contributed by atoms with Gasteiger partial charge in [0.15, 0.2) is 5.82 Å². The molecule has 4 heterocycles. The van der Waals surface area contributed by atoms with E-state index in [1.807, 2.05) is 42.2 Å². The minimum atomic E-state index is -0.216. The molecular formula is C24H23ClN6O. The number of nitrogens with zero attached hydrogens (tertiary/aromatic N) is 5. The molecule has 3 aromatic heterocycles. The average molecular weight is 447 g/mol. The highest BCUT2D eigenvalue weighted by Crippen LogP contribution is 2.31. The first-order valence-electron chi connectivity index (χ1n) is 10.8.